The summed E-state index contributed by atoms with van der Waals surface area (Å²) in [5, 5.41) is 20.0. The molecule has 0 aliphatic heterocycles. The number of anilines is 1. The molecule has 2 N–H and O–H groups in total. The topological polar surface area (TPSA) is 73.7 Å². The van der Waals surface area contributed by atoms with Crippen molar-refractivity contribution >= 4 is 22.6 Å². The summed E-state index contributed by atoms with van der Waals surface area (Å²) in [6.45, 7) is 0.372. The maximum Gasteiger partial charge on any atom is 0.305 e. The molecule has 0 aliphatic rings. The van der Waals surface area contributed by atoms with Gasteiger partial charge in [-0.05, 0) is 23.6 Å². The van der Waals surface area contributed by atoms with Crippen molar-refractivity contribution in [2.45, 2.75) is 6.42 Å². The minimum Gasteiger partial charge on any atom is -0.508 e. The van der Waals surface area contributed by atoms with E-state index >= 15 is 0 Å². The van der Waals surface area contributed by atoms with Crippen LogP contribution in [0.4, 0.5) is 5.82 Å². The summed E-state index contributed by atoms with van der Waals surface area (Å²) in [6, 6.07) is 6.91. The zero-order chi connectivity index (χ0) is 13.1. The summed E-state index contributed by atoms with van der Waals surface area (Å²) in [5.41, 5.74) is 0. The molecule has 0 fully saturated rings. The summed E-state index contributed by atoms with van der Waals surface area (Å²) in [5.74, 6) is -0.00188. The fourth-order valence-electron chi connectivity index (χ4n) is 1.81. The minimum absolute atomic E-state index is 0.0490. The Kier molecular flexibility index (Phi) is 3.32. The average Bonchev–Trinajstić information content (AvgIpc) is 2.35. The summed E-state index contributed by atoms with van der Waals surface area (Å²) in [7, 11) is 1.79. The van der Waals surface area contributed by atoms with Crippen molar-refractivity contribution in [3.05, 3.63) is 30.5 Å². The van der Waals surface area contributed by atoms with Crippen LogP contribution < -0.4 is 4.90 Å². The number of aliphatic carboxylic acids is 1. The van der Waals surface area contributed by atoms with Gasteiger partial charge in [0.15, 0.2) is 0 Å². The van der Waals surface area contributed by atoms with Gasteiger partial charge in [-0.15, -0.1) is 0 Å². The van der Waals surface area contributed by atoms with Crippen molar-refractivity contribution in [3.8, 4) is 5.75 Å². The van der Waals surface area contributed by atoms with Gasteiger partial charge in [0.1, 0.15) is 11.6 Å². The fraction of sp³-hybridized carbons (Fsp3) is 0.231. The SMILES string of the molecule is CN(CCC(=O)O)c1nccc2ccc(O)cc12. The molecule has 0 saturated carbocycles. The number of rotatable bonds is 4. The lowest BCUT2D eigenvalue weighted by Gasteiger charge is -2.18. The smallest absolute Gasteiger partial charge is 0.305 e. The Morgan fingerprint density at radius 2 is 2.17 bits per heavy atom. The highest BCUT2D eigenvalue weighted by atomic mass is 16.4. The summed E-state index contributed by atoms with van der Waals surface area (Å²) < 4.78 is 0. The molecular weight excluding hydrogens is 232 g/mol. The molecule has 1 aromatic heterocycles. The molecule has 0 amide bonds. The molecule has 2 aromatic rings. The zero-order valence-corrected chi connectivity index (χ0v) is 10.00. The minimum atomic E-state index is -0.843. The number of hydrogen-bond donors (Lipinski definition) is 2. The van der Waals surface area contributed by atoms with E-state index in [1.807, 2.05) is 6.07 Å². The highest BCUT2D eigenvalue weighted by molar-refractivity contribution is 5.93. The second kappa shape index (κ2) is 4.91. The van der Waals surface area contributed by atoms with E-state index in [0.29, 0.717) is 12.4 Å². The zero-order valence-electron chi connectivity index (χ0n) is 10.00. The van der Waals surface area contributed by atoms with Gasteiger partial charge >= 0.3 is 5.97 Å². The predicted octanol–water partition coefficient (Wildman–Crippen LogP) is 1.85. The van der Waals surface area contributed by atoms with Crippen LogP contribution in [0.5, 0.6) is 5.75 Å². The third-order valence-electron chi connectivity index (χ3n) is 2.75. The number of hydrogen-bond acceptors (Lipinski definition) is 4. The van der Waals surface area contributed by atoms with Crippen LogP contribution in [0, 0.1) is 0 Å². The average molecular weight is 246 g/mol. The first-order chi connectivity index (χ1) is 8.58. The van der Waals surface area contributed by atoms with E-state index in [0.717, 1.165) is 10.8 Å². The van der Waals surface area contributed by atoms with Crippen molar-refractivity contribution < 1.29 is 15.0 Å². The summed E-state index contributed by atoms with van der Waals surface area (Å²) in [6.07, 6.45) is 1.72. The van der Waals surface area contributed by atoms with Crippen LogP contribution in [0.1, 0.15) is 6.42 Å². The number of fused-ring (bicyclic) bond motifs is 1. The summed E-state index contributed by atoms with van der Waals surface area (Å²) in [4.78, 5) is 16.6. The second-order valence-electron chi connectivity index (χ2n) is 4.11. The first-order valence-electron chi connectivity index (χ1n) is 5.58. The number of pyridine rings is 1. The number of carbonyl (C=O) groups is 1. The Hall–Kier alpha value is -2.30. The third-order valence-corrected chi connectivity index (χ3v) is 2.75. The molecule has 18 heavy (non-hydrogen) atoms. The highest BCUT2D eigenvalue weighted by Crippen LogP contribution is 2.27. The lowest BCUT2D eigenvalue weighted by atomic mass is 10.1. The maximum absolute atomic E-state index is 10.6. The number of phenols is 1. The Morgan fingerprint density at radius 3 is 2.89 bits per heavy atom. The lowest BCUT2D eigenvalue weighted by molar-refractivity contribution is -0.136. The standard InChI is InChI=1S/C13H14N2O3/c1-15(7-5-12(17)18)13-11-8-10(16)3-2-9(11)4-6-14-13/h2-4,6,8,16H,5,7H2,1H3,(H,17,18). The Morgan fingerprint density at radius 1 is 1.39 bits per heavy atom. The van der Waals surface area contributed by atoms with E-state index in [-0.39, 0.29) is 12.2 Å². The van der Waals surface area contributed by atoms with Gasteiger partial charge in [-0.3, -0.25) is 4.79 Å². The monoisotopic (exact) mass is 246 g/mol. The number of carboxylic acid groups (broad SMARTS) is 1. The van der Waals surface area contributed by atoms with Crippen molar-refractivity contribution in [3.63, 3.8) is 0 Å². The van der Waals surface area contributed by atoms with Crippen molar-refractivity contribution in [1.29, 1.82) is 0 Å². The van der Waals surface area contributed by atoms with Crippen molar-refractivity contribution in [2.24, 2.45) is 0 Å². The van der Waals surface area contributed by atoms with Gasteiger partial charge in [0.05, 0.1) is 6.42 Å². The fourth-order valence-corrected chi connectivity index (χ4v) is 1.81. The molecule has 0 spiro atoms. The van der Waals surface area contributed by atoms with E-state index in [1.165, 1.54) is 0 Å². The number of aromatic hydroxyl groups is 1. The van der Waals surface area contributed by atoms with E-state index in [1.54, 1.807) is 36.3 Å². The predicted molar refractivity (Wildman–Crippen MR) is 68.9 cm³/mol. The maximum atomic E-state index is 10.6. The molecule has 5 heteroatoms. The quantitative estimate of drug-likeness (QED) is 0.861. The Bertz CT molecular complexity index is 583. The molecule has 0 aliphatic carbocycles. The molecule has 5 nitrogen and oxygen atoms in total. The van der Waals surface area contributed by atoms with Gasteiger partial charge in [0.2, 0.25) is 0 Å². The molecule has 0 unspecified atom stereocenters. The number of carboxylic acids is 1. The van der Waals surface area contributed by atoms with Gasteiger partial charge in [-0.1, -0.05) is 6.07 Å². The van der Waals surface area contributed by atoms with Crippen LogP contribution in [-0.2, 0) is 4.79 Å². The second-order valence-corrected chi connectivity index (χ2v) is 4.11. The van der Waals surface area contributed by atoms with Crippen molar-refractivity contribution in [1.82, 2.24) is 4.98 Å². The number of phenolic OH excluding ortho intramolecular Hbond substituents is 1. The molecule has 1 aromatic carbocycles. The van der Waals surface area contributed by atoms with Crippen LogP contribution in [0.15, 0.2) is 30.5 Å². The molecule has 1 heterocycles. The lowest BCUT2D eigenvalue weighted by Crippen LogP contribution is -2.22. The van der Waals surface area contributed by atoms with Crippen LogP contribution in [-0.4, -0.2) is 34.8 Å². The number of nitrogens with zero attached hydrogens (tertiary/aromatic N) is 2. The van der Waals surface area contributed by atoms with Gasteiger partial charge in [0, 0.05) is 25.2 Å². The largest absolute Gasteiger partial charge is 0.508 e. The molecule has 0 radical (unpaired) electrons. The van der Waals surface area contributed by atoms with E-state index < -0.39 is 5.97 Å². The molecular formula is C13H14N2O3. The van der Waals surface area contributed by atoms with Crippen LogP contribution in [0.25, 0.3) is 10.8 Å². The van der Waals surface area contributed by atoms with Gasteiger partial charge in [-0.2, -0.15) is 0 Å². The normalized spacial score (nSPS) is 10.5. The first-order valence-corrected chi connectivity index (χ1v) is 5.58. The number of aromatic nitrogens is 1. The van der Waals surface area contributed by atoms with E-state index in [9.17, 15) is 9.90 Å². The Balaban J connectivity index is 2.37. The van der Waals surface area contributed by atoms with E-state index in [4.69, 9.17) is 5.11 Å². The molecule has 0 atom stereocenters. The molecule has 94 valence electrons. The molecule has 0 saturated heterocycles. The van der Waals surface area contributed by atoms with Gasteiger partial charge < -0.3 is 15.1 Å². The first kappa shape index (κ1) is 12.2. The van der Waals surface area contributed by atoms with Crippen LogP contribution in [0.2, 0.25) is 0 Å². The highest BCUT2D eigenvalue weighted by Gasteiger charge is 2.09. The van der Waals surface area contributed by atoms with Crippen LogP contribution >= 0.6 is 0 Å². The van der Waals surface area contributed by atoms with Gasteiger partial charge in [-0.25, -0.2) is 4.98 Å². The molecule has 2 rings (SSSR count). The number of benzene rings is 1. The van der Waals surface area contributed by atoms with Crippen molar-refractivity contribution in [2.75, 3.05) is 18.5 Å². The summed E-state index contributed by atoms with van der Waals surface area (Å²) >= 11 is 0. The molecule has 0 bridgehead atoms. The van der Waals surface area contributed by atoms with E-state index in [2.05, 4.69) is 4.98 Å². The third kappa shape index (κ3) is 2.51. The van der Waals surface area contributed by atoms with Gasteiger partial charge in [0.25, 0.3) is 0 Å². The van der Waals surface area contributed by atoms with Crippen LogP contribution in [0.3, 0.4) is 0 Å². The Labute approximate surface area is 104 Å².